The van der Waals surface area contributed by atoms with E-state index < -0.39 is 0 Å². The summed E-state index contributed by atoms with van der Waals surface area (Å²) >= 11 is 0. The summed E-state index contributed by atoms with van der Waals surface area (Å²) in [6.45, 7) is 1.90. The second-order valence-corrected chi connectivity index (χ2v) is 4.54. The van der Waals surface area contributed by atoms with Crippen molar-refractivity contribution in [3.05, 3.63) is 54.2 Å². The fraction of sp³-hybridized carbons (Fsp3) is 0.0667. The van der Waals surface area contributed by atoms with Gasteiger partial charge in [0.1, 0.15) is 23.2 Å². The van der Waals surface area contributed by atoms with Gasteiger partial charge in [-0.25, -0.2) is 0 Å². The smallest absolute Gasteiger partial charge is 0.216 e. The molecule has 0 amide bonds. The molecule has 0 bridgehead atoms. The SMILES string of the molecule is Cc1ccc(-c2cccc(NC=C(C#N)c3nn[nH]n3)c2)o1. The van der Waals surface area contributed by atoms with Gasteiger partial charge in [0.2, 0.25) is 5.82 Å². The molecular weight excluding hydrogens is 280 g/mol. The Labute approximate surface area is 126 Å². The predicted molar refractivity (Wildman–Crippen MR) is 80.3 cm³/mol. The third-order valence-electron chi connectivity index (χ3n) is 2.98. The quantitative estimate of drug-likeness (QED) is 0.716. The minimum atomic E-state index is 0.243. The van der Waals surface area contributed by atoms with E-state index in [0.29, 0.717) is 0 Å². The number of allylic oxidation sites excluding steroid dienone is 1. The monoisotopic (exact) mass is 292 g/mol. The standard InChI is InChI=1S/C15H12N6O/c1-10-5-6-14(22-10)11-3-2-4-13(7-11)17-9-12(8-16)15-18-20-21-19-15/h2-7,9,17H,1H3,(H,18,19,20,21). The molecule has 7 heteroatoms. The number of rotatable bonds is 4. The van der Waals surface area contributed by atoms with Crippen LogP contribution in [0.4, 0.5) is 5.69 Å². The molecule has 0 fully saturated rings. The third kappa shape index (κ3) is 2.86. The summed E-state index contributed by atoms with van der Waals surface area (Å²) in [7, 11) is 0. The number of nitriles is 1. The van der Waals surface area contributed by atoms with E-state index in [2.05, 4.69) is 25.9 Å². The van der Waals surface area contributed by atoms with E-state index in [0.717, 1.165) is 22.8 Å². The van der Waals surface area contributed by atoms with Gasteiger partial charge in [0, 0.05) is 17.5 Å². The molecule has 0 aliphatic rings. The average molecular weight is 292 g/mol. The number of tetrazole rings is 1. The van der Waals surface area contributed by atoms with Crippen LogP contribution in [0.15, 0.2) is 47.0 Å². The Morgan fingerprint density at radius 2 is 2.27 bits per heavy atom. The normalized spacial score (nSPS) is 11.2. The highest BCUT2D eigenvalue weighted by Crippen LogP contribution is 2.24. The van der Waals surface area contributed by atoms with Gasteiger partial charge in [-0.2, -0.15) is 10.5 Å². The van der Waals surface area contributed by atoms with Crippen molar-refractivity contribution in [1.29, 1.82) is 5.26 Å². The maximum atomic E-state index is 9.12. The third-order valence-corrected chi connectivity index (χ3v) is 2.98. The molecule has 2 N–H and O–H groups in total. The summed E-state index contributed by atoms with van der Waals surface area (Å²) in [5.41, 5.74) is 2.06. The van der Waals surface area contributed by atoms with E-state index in [1.54, 1.807) is 0 Å². The number of anilines is 1. The first-order valence-corrected chi connectivity index (χ1v) is 6.54. The Morgan fingerprint density at radius 3 is 2.95 bits per heavy atom. The molecule has 22 heavy (non-hydrogen) atoms. The highest BCUT2D eigenvalue weighted by Gasteiger charge is 2.06. The van der Waals surface area contributed by atoms with E-state index in [4.69, 9.17) is 9.68 Å². The van der Waals surface area contributed by atoms with E-state index in [1.807, 2.05) is 49.4 Å². The number of benzene rings is 1. The number of H-pyrrole nitrogens is 1. The van der Waals surface area contributed by atoms with Crippen molar-refractivity contribution in [3.63, 3.8) is 0 Å². The number of nitrogens with one attached hydrogen (secondary N) is 2. The fourth-order valence-corrected chi connectivity index (χ4v) is 1.93. The van der Waals surface area contributed by atoms with Gasteiger partial charge in [0.05, 0.1) is 0 Å². The van der Waals surface area contributed by atoms with Crippen LogP contribution in [-0.4, -0.2) is 20.6 Å². The molecule has 0 spiro atoms. The summed E-state index contributed by atoms with van der Waals surface area (Å²) in [5, 5.41) is 25.5. The van der Waals surface area contributed by atoms with Gasteiger partial charge < -0.3 is 9.73 Å². The number of aromatic amines is 1. The van der Waals surface area contributed by atoms with Gasteiger partial charge in [-0.1, -0.05) is 12.1 Å². The van der Waals surface area contributed by atoms with Crippen LogP contribution in [0, 0.1) is 18.3 Å². The van der Waals surface area contributed by atoms with Crippen LogP contribution in [0.2, 0.25) is 0 Å². The molecular formula is C15H12N6O. The Bertz CT molecular complexity index is 841. The van der Waals surface area contributed by atoms with Gasteiger partial charge in [0.25, 0.3) is 0 Å². The Kier molecular flexibility index (Phi) is 3.66. The molecule has 0 aliphatic heterocycles. The zero-order valence-electron chi connectivity index (χ0n) is 11.7. The van der Waals surface area contributed by atoms with Crippen LogP contribution in [-0.2, 0) is 0 Å². The molecule has 0 atom stereocenters. The zero-order valence-corrected chi connectivity index (χ0v) is 11.7. The van der Waals surface area contributed by atoms with Crippen molar-refractivity contribution < 1.29 is 4.42 Å². The Hall–Kier alpha value is -3.40. The second kappa shape index (κ2) is 5.93. The first-order chi connectivity index (χ1) is 10.8. The summed E-state index contributed by atoms with van der Waals surface area (Å²) < 4.78 is 5.60. The van der Waals surface area contributed by atoms with Crippen molar-refractivity contribution in [2.24, 2.45) is 0 Å². The minimum absolute atomic E-state index is 0.243. The number of hydrogen-bond acceptors (Lipinski definition) is 6. The van der Waals surface area contributed by atoms with Crippen LogP contribution in [0.1, 0.15) is 11.6 Å². The maximum Gasteiger partial charge on any atom is 0.216 e. The van der Waals surface area contributed by atoms with Crippen molar-refractivity contribution in [3.8, 4) is 17.4 Å². The Morgan fingerprint density at radius 1 is 1.36 bits per heavy atom. The summed E-state index contributed by atoms with van der Waals surface area (Å²) in [5.74, 6) is 1.90. The molecule has 0 aliphatic carbocycles. The van der Waals surface area contributed by atoms with E-state index >= 15 is 0 Å². The van der Waals surface area contributed by atoms with Crippen LogP contribution in [0.5, 0.6) is 0 Å². The summed E-state index contributed by atoms with van der Waals surface area (Å²) in [4.78, 5) is 0. The molecule has 7 nitrogen and oxygen atoms in total. The number of aryl methyl sites for hydroxylation is 1. The summed E-state index contributed by atoms with van der Waals surface area (Å²) in [6, 6.07) is 13.5. The molecule has 3 aromatic rings. The van der Waals surface area contributed by atoms with Crippen LogP contribution in [0.3, 0.4) is 0 Å². The van der Waals surface area contributed by atoms with Crippen molar-refractivity contribution >= 4 is 11.3 Å². The minimum Gasteiger partial charge on any atom is -0.461 e. The van der Waals surface area contributed by atoms with Gasteiger partial charge >= 0.3 is 0 Å². The number of furan rings is 1. The van der Waals surface area contributed by atoms with E-state index in [1.165, 1.54) is 6.20 Å². The lowest BCUT2D eigenvalue weighted by Crippen LogP contribution is -1.93. The first kappa shape index (κ1) is 13.6. The molecule has 3 rings (SSSR count). The van der Waals surface area contributed by atoms with Crippen molar-refractivity contribution in [2.45, 2.75) is 6.92 Å². The number of hydrogen-bond donors (Lipinski definition) is 2. The lowest BCUT2D eigenvalue weighted by atomic mass is 10.1. The molecule has 1 aromatic carbocycles. The van der Waals surface area contributed by atoms with Crippen molar-refractivity contribution in [2.75, 3.05) is 5.32 Å². The maximum absolute atomic E-state index is 9.12. The van der Waals surface area contributed by atoms with Crippen LogP contribution in [0.25, 0.3) is 16.9 Å². The Balaban J connectivity index is 1.83. The second-order valence-electron chi connectivity index (χ2n) is 4.54. The number of nitrogens with zero attached hydrogens (tertiary/aromatic N) is 4. The zero-order chi connectivity index (χ0) is 15.4. The lowest BCUT2D eigenvalue weighted by Gasteiger charge is -2.03. The van der Waals surface area contributed by atoms with E-state index in [-0.39, 0.29) is 11.4 Å². The molecule has 0 unspecified atom stereocenters. The number of aromatic nitrogens is 4. The van der Waals surface area contributed by atoms with E-state index in [9.17, 15) is 0 Å². The van der Waals surface area contributed by atoms with Gasteiger partial charge in [-0.15, -0.1) is 10.2 Å². The van der Waals surface area contributed by atoms with Crippen LogP contribution < -0.4 is 5.32 Å². The average Bonchev–Trinajstić information content (AvgIpc) is 3.20. The highest BCUT2D eigenvalue weighted by molar-refractivity contribution is 5.74. The van der Waals surface area contributed by atoms with Gasteiger partial charge in [0.15, 0.2) is 0 Å². The topological polar surface area (TPSA) is 103 Å². The van der Waals surface area contributed by atoms with Gasteiger partial charge in [-0.3, -0.25) is 0 Å². The molecule has 108 valence electrons. The lowest BCUT2D eigenvalue weighted by molar-refractivity contribution is 0.548. The molecule has 0 radical (unpaired) electrons. The predicted octanol–water partition coefficient (Wildman–Crippen LogP) is 2.74. The molecule has 0 saturated heterocycles. The molecule has 0 saturated carbocycles. The largest absolute Gasteiger partial charge is 0.461 e. The highest BCUT2D eigenvalue weighted by atomic mass is 16.3. The fourth-order valence-electron chi connectivity index (χ4n) is 1.93. The van der Waals surface area contributed by atoms with Crippen molar-refractivity contribution in [1.82, 2.24) is 20.6 Å². The molecule has 2 aromatic heterocycles. The first-order valence-electron chi connectivity index (χ1n) is 6.54. The molecule has 2 heterocycles. The van der Waals surface area contributed by atoms with Crippen LogP contribution >= 0.6 is 0 Å². The summed E-state index contributed by atoms with van der Waals surface area (Å²) in [6.07, 6.45) is 1.54. The van der Waals surface area contributed by atoms with Gasteiger partial charge in [-0.05, 0) is 36.4 Å².